The molecule has 4 unspecified atom stereocenters. The van der Waals surface area contributed by atoms with Crippen molar-refractivity contribution in [2.75, 3.05) is 0 Å². The van der Waals surface area contributed by atoms with Gasteiger partial charge in [-0.05, 0) is 41.9 Å². The largest absolute Gasteiger partial charge is 0.0651 e. The molecule has 1 aliphatic carbocycles. The SMILES string of the molecule is CCC(C)C(C(C)C)C1(CC)CC1CC. The summed E-state index contributed by atoms with van der Waals surface area (Å²) in [5, 5.41) is 0. The lowest BCUT2D eigenvalue weighted by Gasteiger charge is -2.35. The van der Waals surface area contributed by atoms with Crippen molar-refractivity contribution in [1.82, 2.24) is 0 Å². The molecule has 0 saturated heterocycles. The summed E-state index contributed by atoms with van der Waals surface area (Å²) in [5.74, 6) is 3.75. The number of rotatable bonds is 6. The van der Waals surface area contributed by atoms with Crippen molar-refractivity contribution in [3.63, 3.8) is 0 Å². The molecule has 0 nitrogen and oxygen atoms in total. The highest BCUT2D eigenvalue weighted by Gasteiger charge is 2.57. The van der Waals surface area contributed by atoms with Crippen molar-refractivity contribution in [2.45, 2.75) is 67.2 Å². The standard InChI is InChI=1S/C15H30/c1-7-12(6)14(11(4)5)15(9-3)10-13(15)8-2/h11-14H,7-10H2,1-6H3. The van der Waals surface area contributed by atoms with Gasteiger partial charge in [-0.25, -0.2) is 0 Å². The topological polar surface area (TPSA) is 0 Å². The van der Waals surface area contributed by atoms with Gasteiger partial charge in [0, 0.05) is 0 Å². The predicted molar refractivity (Wildman–Crippen MR) is 68.9 cm³/mol. The fraction of sp³-hybridized carbons (Fsp3) is 1.00. The van der Waals surface area contributed by atoms with Gasteiger partial charge in [0.05, 0.1) is 0 Å². The zero-order valence-corrected chi connectivity index (χ0v) is 11.6. The van der Waals surface area contributed by atoms with Crippen LogP contribution in [-0.2, 0) is 0 Å². The van der Waals surface area contributed by atoms with Crippen molar-refractivity contribution < 1.29 is 0 Å². The normalized spacial score (nSPS) is 34.2. The summed E-state index contributed by atoms with van der Waals surface area (Å²) in [6.07, 6.45) is 5.65. The molecule has 1 aliphatic rings. The molecular weight excluding hydrogens is 180 g/mol. The Hall–Kier alpha value is 0. The van der Waals surface area contributed by atoms with Crippen molar-refractivity contribution in [1.29, 1.82) is 0 Å². The lowest BCUT2D eigenvalue weighted by Crippen LogP contribution is -2.29. The summed E-state index contributed by atoms with van der Waals surface area (Å²) in [5.41, 5.74) is 0.721. The van der Waals surface area contributed by atoms with Crippen LogP contribution >= 0.6 is 0 Å². The Labute approximate surface area is 96.8 Å². The van der Waals surface area contributed by atoms with Crippen LogP contribution in [0.1, 0.15) is 67.2 Å². The molecule has 1 saturated carbocycles. The predicted octanol–water partition coefficient (Wildman–Crippen LogP) is 5.13. The third-order valence-corrected chi connectivity index (χ3v) is 5.07. The number of hydrogen-bond donors (Lipinski definition) is 0. The van der Waals surface area contributed by atoms with Crippen LogP contribution in [0.2, 0.25) is 0 Å². The molecule has 4 atom stereocenters. The molecule has 0 N–H and O–H groups in total. The third kappa shape index (κ3) is 2.24. The molecule has 15 heavy (non-hydrogen) atoms. The van der Waals surface area contributed by atoms with Crippen LogP contribution in [-0.4, -0.2) is 0 Å². The molecule has 0 radical (unpaired) electrons. The molecule has 0 spiro atoms. The summed E-state index contributed by atoms with van der Waals surface area (Å²) in [4.78, 5) is 0. The Bertz CT molecular complexity index is 194. The van der Waals surface area contributed by atoms with Crippen molar-refractivity contribution >= 4 is 0 Å². The highest BCUT2D eigenvalue weighted by atomic mass is 14.6. The van der Waals surface area contributed by atoms with Gasteiger partial charge < -0.3 is 0 Å². The molecule has 0 heterocycles. The molecule has 90 valence electrons. The van der Waals surface area contributed by atoms with Crippen molar-refractivity contribution in [3.8, 4) is 0 Å². The van der Waals surface area contributed by atoms with E-state index < -0.39 is 0 Å². The van der Waals surface area contributed by atoms with E-state index in [1.807, 2.05) is 0 Å². The highest BCUT2D eigenvalue weighted by Crippen LogP contribution is 2.65. The summed E-state index contributed by atoms with van der Waals surface area (Å²) in [6, 6.07) is 0. The average Bonchev–Trinajstić information content (AvgIpc) is 2.92. The maximum atomic E-state index is 2.47. The van der Waals surface area contributed by atoms with Gasteiger partial charge in [-0.3, -0.25) is 0 Å². The molecule has 0 aromatic heterocycles. The molecule has 0 bridgehead atoms. The molecular formula is C15H30. The fourth-order valence-electron chi connectivity index (χ4n) is 4.17. The molecule has 1 fully saturated rings. The van der Waals surface area contributed by atoms with Gasteiger partial charge >= 0.3 is 0 Å². The lowest BCUT2D eigenvalue weighted by molar-refractivity contribution is 0.131. The minimum absolute atomic E-state index is 0.721. The minimum Gasteiger partial charge on any atom is -0.0651 e. The van der Waals surface area contributed by atoms with Crippen LogP contribution in [0.15, 0.2) is 0 Å². The summed E-state index contributed by atoms with van der Waals surface area (Å²) < 4.78 is 0. The Morgan fingerprint density at radius 1 is 1.13 bits per heavy atom. The third-order valence-electron chi connectivity index (χ3n) is 5.07. The first-order valence-electron chi connectivity index (χ1n) is 7.03. The molecule has 1 rings (SSSR count). The van der Waals surface area contributed by atoms with Gasteiger partial charge in [0.25, 0.3) is 0 Å². The Kier molecular flexibility index (Phi) is 4.26. The fourth-order valence-corrected chi connectivity index (χ4v) is 4.17. The quantitative estimate of drug-likeness (QED) is 0.570. The van der Waals surface area contributed by atoms with Crippen LogP contribution in [0.25, 0.3) is 0 Å². The van der Waals surface area contributed by atoms with E-state index in [9.17, 15) is 0 Å². The molecule has 0 amide bonds. The van der Waals surface area contributed by atoms with E-state index >= 15 is 0 Å². The summed E-state index contributed by atoms with van der Waals surface area (Å²) in [6.45, 7) is 14.5. The average molecular weight is 210 g/mol. The van der Waals surface area contributed by atoms with Crippen LogP contribution in [0.3, 0.4) is 0 Å². The maximum absolute atomic E-state index is 2.47. The summed E-state index contributed by atoms with van der Waals surface area (Å²) in [7, 11) is 0. The van der Waals surface area contributed by atoms with E-state index in [0.717, 1.165) is 29.1 Å². The van der Waals surface area contributed by atoms with E-state index in [1.54, 1.807) is 0 Å². The van der Waals surface area contributed by atoms with E-state index in [2.05, 4.69) is 41.5 Å². The summed E-state index contributed by atoms with van der Waals surface area (Å²) >= 11 is 0. The van der Waals surface area contributed by atoms with E-state index in [0.29, 0.717) is 0 Å². The van der Waals surface area contributed by atoms with Gasteiger partial charge in [-0.15, -0.1) is 0 Å². The molecule has 0 aromatic carbocycles. The lowest BCUT2D eigenvalue weighted by atomic mass is 9.69. The van der Waals surface area contributed by atoms with Gasteiger partial charge in [-0.2, -0.15) is 0 Å². The Balaban J connectivity index is 2.80. The second-order valence-corrected chi connectivity index (χ2v) is 6.05. The first-order valence-corrected chi connectivity index (χ1v) is 7.03. The second-order valence-electron chi connectivity index (χ2n) is 6.05. The van der Waals surface area contributed by atoms with Gasteiger partial charge in [0.2, 0.25) is 0 Å². The van der Waals surface area contributed by atoms with Gasteiger partial charge in [-0.1, -0.05) is 54.4 Å². The molecule has 0 aromatic rings. The van der Waals surface area contributed by atoms with Crippen molar-refractivity contribution in [2.24, 2.45) is 29.1 Å². The first kappa shape index (κ1) is 13.1. The van der Waals surface area contributed by atoms with Gasteiger partial charge in [0.15, 0.2) is 0 Å². The van der Waals surface area contributed by atoms with Crippen molar-refractivity contribution in [3.05, 3.63) is 0 Å². The molecule has 0 heteroatoms. The van der Waals surface area contributed by atoms with E-state index in [-0.39, 0.29) is 0 Å². The van der Waals surface area contributed by atoms with Crippen LogP contribution in [0.4, 0.5) is 0 Å². The second kappa shape index (κ2) is 4.89. The minimum atomic E-state index is 0.721. The smallest absolute Gasteiger partial charge is 0.0236 e. The highest BCUT2D eigenvalue weighted by molar-refractivity contribution is 5.06. The van der Waals surface area contributed by atoms with Crippen LogP contribution in [0, 0.1) is 29.1 Å². The molecule has 0 aliphatic heterocycles. The zero-order valence-electron chi connectivity index (χ0n) is 11.6. The Morgan fingerprint density at radius 2 is 1.73 bits per heavy atom. The monoisotopic (exact) mass is 210 g/mol. The van der Waals surface area contributed by atoms with Crippen LogP contribution < -0.4 is 0 Å². The first-order chi connectivity index (χ1) is 7.03. The van der Waals surface area contributed by atoms with E-state index in [4.69, 9.17) is 0 Å². The van der Waals surface area contributed by atoms with E-state index in [1.165, 1.54) is 25.7 Å². The maximum Gasteiger partial charge on any atom is -0.0236 e. The Morgan fingerprint density at radius 3 is 2.00 bits per heavy atom. The van der Waals surface area contributed by atoms with Crippen LogP contribution in [0.5, 0.6) is 0 Å². The number of hydrogen-bond acceptors (Lipinski definition) is 0. The zero-order chi connectivity index (χ0) is 11.6. The van der Waals surface area contributed by atoms with Gasteiger partial charge in [0.1, 0.15) is 0 Å².